The summed E-state index contributed by atoms with van der Waals surface area (Å²) in [6, 6.07) is 11.7. The molecule has 9 nitrogen and oxygen atoms in total. The molecular weight excluding hydrogens is 670 g/mol. The first-order valence-electron chi connectivity index (χ1n) is 16.1. The molecule has 3 rings (SSSR count). The van der Waals surface area contributed by atoms with Crippen LogP contribution in [0.25, 0.3) is 5.57 Å². The number of nitrogens with zero attached hydrogens (tertiary/aromatic N) is 4. The van der Waals surface area contributed by atoms with Gasteiger partial charge in [-0.05, 0) is 116 Å². The van der Waals surface area contributed by atoms with Gasteiger partial charge in [0, 0.05) is 34.9 Å². The maximum absolute atomic E-state index is 13.0. The second-order valence-corrected chi connectivity index (χ2v) is 13.2. The van der Waals surface area contributed by atoms with E-state index in [4.69, 9.17) is 14.5 Å². The lowest BCUT2D eigenvalue weighted by Gasteiger charge is -2.18. The highest BCUT2D eigenvalue weighted by molar-refractivity contribution is 9.10. The Morgan fingerprint density at radius 2 is 1.85 bits per heavy atom. The molecule has 0 aliphatic carbocycles. The fourth-order valence-corrected chi connectivity index (χ4v) is 5.62. The number of nitrogens with one attached hydrogen (secondary N) is 1. The number of benzene rings is 1. The number of allylic oxidation sites excluding steroid dienone is 1. The summed E-state index contributed by atoms with van der Waals surface area (Å²) in [7, 11) is 0. The van der Waals surface area contributed by atoms with E-state index in [1.807, 2.05) is 77.9 Å². The smallest absolute Gasteiger partial charge is 0.455 e. The van der Waals surface area contributed by atoms with Crippen LogP contribution in [0.2, 0.25) is 0 Å². The van der Waals surface area contributed by atoms with E-state index >= 15 is 0 Å². The van der Waals surface area contributed by atoms with Crippen LogP contribution in [0.4, 0.5) is 10.5 Å². The standard InChI is InChI=1S/C38H47BrN5O4/c1-10-28-15-17-31(24-41-28)47-33-18-16-29(22-26(33)5)42-36(40-12-3)35-27(6)23-32(39)34(43-35)25(4)14-13-20-44(30(11-2)19-21-45)37(46)48-38(7,8)9/h12,15-18,21-24H,3-4,10-11,13-14,19-20H2,1-2,5-9H3,(H,40,42)/q+1/b44-30-. The van der Waals surface area contributed by atoms with Crippen molar-refractivity contribution < 1.29 is 23.6 Å². The number of aromatic nitrogens is 2. The van der Waals surface area contributed by atoms with E-state index in [1.165, 1.54) is 6.20 Å². The normalized spacial score (nSPS) is 12.2. The van der Waals surface area contributed by atoms with Crippen LogP contribution in [0.1, 0.15) is 88.5 Å². The Morgan fingerprint density at radius 3 is 2.44 bits per heavy atom. The third-order valence-corrected chi connectivity index (χ3v) is 7.96. The highest BCUT2D eigenvalue weighted by Crippen LogP contribution is 2.30. The van der Waals surface area contributed by atoms with Crippen molar-refractivity contribution in [2.24, 2.45) is 4.99 Å². The number of anilines is 1. The molecule has 0 aliphatic rings. The van der Waals surface area contributed by atoms with Gasteiger partial charge in [-0.1, -0.05) is 27.0 Å². The van der Waals surface area contributed by atoms with Crippen LogP contribution in [0.15, 0.2) is 71.4 Å². The minimum Gasteiger partial charge on any atom is -0.455 e. The third-order valence-electron chi connectivity index (χ3n) is 7.35. The summed E-state index contributed by atoms with van der Waals surface area (Å²) < 4.78 is 14.1. The summed E-state index contributed by atoms with van der Waals surface area (Å²) in [4.78, 5) is 38.3. The second-order valence-electron chi connectivity index (χ2n) is 12.3. The number of carbonyl (C=O) groups excluding carboxylic acids is 2. The van der Waals surface area contributed by atoms with Gasteiger partial charge in [-0.25, -0.2) is 9.98 Å². The second kappa shape index (κ2) is 17.6. The minimum absolute atomic E-state index is 0.170. The van der Waals surface area contributed by atoms with Gasteiger partial charge >= 0.3 is 6.09 Å². The largest absolute Gasteiger partial charge is 0.596 e. The number of carbonyl (C=O) groups is 2. The predicted octanol–water partition coefficient (Wildman–Crippen LogP) is 9.39. The van der Waals surface area contributed by atoms with E-state index in [9.17, 15) is 9.59 Å². The third kappa shape index (κ3) is 10.8. The number of aliphatic imine (C=N–C) groups is 1. The maximum Gasteiger partial charge on any atom is 0.596 e. The van der Waals surface area contributed by atoms with Gasteiger partial charge in [0.2, 0.25) is 0 Å². The highest BCUT2D eigenvalue weighted by atomic mass is 79.9. The SMILES string of the molecule is C=C/N=C(/Nc1ccc(Oc2ccc(CC)nc2)c(C)c1)c1nc(C(=C)CCC/[N+](C(=O)OC(C)(C)C)=C(\CC)CC=O)c(Br)cc1C. The first kappa shape index (κ1) is 38.0. The van der Waals surface area contributed by atoms with Crippen LogP contribution in [0, 0.1) is 13.8 Å². The zero-order valence-electron chi connectivity index (χ0n) is 29.2. The molecule has 10 heteroatoms. The van der Waals surface area contributed by atoms with Crippen molar-refractivity contribution in [1.82, 2.24) is 9.97 Å². The zero-order valence-corrected chi connectivity index (χ0v) is 30.7. The van der Waals surface area contributed by atoms with Crippen LogP contribution in [-0.2, 0) is 16.0 Å². The molecule has 0 fully saturated rings. The summed E-state index contributed by atoms with van der Waals surface area (Å²) in [5.74, 6) is 1.93. The molecule has 48 heavy (non-hydrogen) atoms. The molecule has 0 bridgehead atoms. The summed E-state index contributed by atoms with van der Waals surface area (Å²) in [5, 5.41) is 3.40. The Balaban J connectivity index is 1.81. The van der Waals surface area contributed by atoms with Gasteiger partial charge in [-0.15, -0.1) is 4.58 Å². The minimum atomic E-state index is -0.655. The number of aldehydes is 1. The Labute approximate surface area is 293 Å². The summed E-state index contributed by atoms with van der Waals surface area (Å²) in [5.41, 5.74) is 5.85. The van der Waals surface area contributed by atoms with Gasteiger partial charge in [0.05, 0.1) is 18.3 Å². The van der Waals surface area contributed by atoms with E-state index in [0.717, 1.165) is 56.7 Å². The Hall–Kier alpha value is -4.44. The zero-order chi connectivity index (χ0) is 35.4. The molecular formula is C38H47BrN5O4+. The van der Waals surface area contributed by atoms with Crippen molar-refractivity contribution in [3.05, 3.63) is 94.6 Å². The highest BCUT2D eigenvalue weighted by Gasteiger charge is 2.29. The number of aryl methyl sites for hydroxylation is 3. The van der Waals surface area contributed by atoms with Crippen LogP contribution in [0.3, 0.4) is 0 Å². The van der Waals surface area contributed by atoms with E-state index in [1.54, 1.807) is 10.8 Å². The first-order chi connectivity index (χ1) is 22.8. The molecule has 0 spiro atoms. The predicted molar refractivity (Wildman–Crippen MR) is 198 cm³/mol. The number of halogens is 1. The average Bonchev–Trinajstić information content (AvgIpc) is 3.03. The lowest BCUT2D eigenvalue weighted by atomic mass is 10.1. The lowest BCUT2D eigenvalue weighted by molar-refractivity contribution is -0.453. The molecule has 1 N–H and O–H groups in total. The van der Waals surface area contributed by atoms with Crippen LogP contribution < -0.4 is 10.1 Å². The van der Waals surface area contributed by atoms with Crippen molar-refractivity contribution in [1.29, 1.82) is 0 Å². The molecule has 0 unspecified atom stereocenters. The Kier molecular flexibility index (Phi) is 14.0. The van der Waals surface area contributed by atoms with Crippen molar-refractivity contribution >= 4 is 51.1 Å². The van der Waals surface area contributed by atoms with Crippen LogP contribution in [-0.4, -0.2) is 50.6 Å². The van der Waals surface area contributed by atoms with Crippen molar-refractivity contribution in [3.63, 3.8) is 0 Å². The molecule has 2 heterocycles. The molecule has 2 aromatic heterocycles. The molecule has 1 aromatic carbocycles. The van der Waals surface area contributed by atoms with Gasteiger partial charge in [-0.3, -0.25) is 4.98 Å². The summed E-state index contributed by atoms with van der Waals surface area (Å²) in [6.07, 6.45) is 6.32. The first-order valence-corrected chi connectivity index (χ1v) is 16.9. The van der Waals surface area contributed by atoms with E-state index < -0.39 is 11.7 Å². The van der Waals surface area contributed by atoms with Gasteiger partial charge < -0.3 is 19.6 Å². The summed E-state index contributed by atoms with van der Waals surface area (Å²) >= 11 is 3.67. The summed E-state index contributed by atoms with van der Waals surface area (Å²) in [6.45, 7) is 21.9. The van der Waals surface area contributed by atoms with E-state index in [2.05, 4.69) is 51.3 Å². The molecule has 0 saturated carbocycles. The van der Waals surface area contributed by atoms with Gasteiger partial charge in [-0.2, -0.15) is 4.79 Å². The van der Waals surface area contributed by atoms with Gasteiger partial charge in [0.15, 0.2) is 18.1 Å². The van der Waals surface area contributed by atoms with Gasteiger partial charge in [0.25, 0.3) is 0 Å². The number of hydrogen-bond acceptors (Lipinski definition) is 7. The molecule has 1 amide bonds. The van der Waals surface area contributed by atoms with E-state index in [0.29, 0.717) is 48.8 Å². The number of amides is 1. The number of hydrogen-bond donors (Lipinski definition) is 1. The van der Waals surface area contributed by atoms with Crippen molar-refractivity contribution in [2.45, 2.75) is 86.2 Å². The van der Waals surface area contributed by atoms with Crippen LogP contribution >= 0.6 is 15.9 Å². The Bertz CT molecular complexity index is 1710. The quantitative estimate of drug-likeness (QED) is 0.0767. The monoisotopic (exact) mass is 716 g/mol. The fourth-order valence-electron chi connectivity index (χ4n) is 4.90. The van der Waals surface area contributed by atoms with Crippen molar-refractivity contribution in [3.8, 4) is 11.5 Å². The molecule has 254 valence electrons. The molecule has 3 aromatic rings. The lowest BCUT2D eigenvalue weighted by Crippen LogP contribution is -2.35. The molecule has 0 atom stereocenters. The Morgan fingerprint density at radius 1 is 1.10 bits per heavy atom. The topological polar surface area (TPSA) is 106 Å². The van der Waals surface area contributed by atoms with Crippen LogP contribution in [0.5, 0.6) is 11.5 Å². The molecule has 0 aliphatic heterocycles. The van der Waals surface area contributed by atoms with Crippen molar-refractivity contribution in [2.75, 3.05) is 11.9 Å². The number of amidine groups is 1. The number of pyridine rings is 2. The fraction of sp³-hybridized carbons (Fsp3) is 0.368. The number of ether oxygens (including phenoxy) is 2. The molecule has 0 radical (unpaired) electrons. The van der Waals surface area contributed by atoms with Gasteiger partial charge in [0.1, 0.15) is 29.1 Å². The maximum atomic E-state index is 13.0. The van der Waals surface area contributed by atoms with E-state index in [-0.39, 0.29) is 6.42 Å². The average molecular weight is 718 g/mol. The number of rotatable bonds is 14. The molecule has 0 saturated heterocycles.